The lowest BCUT2D eigenvalue weighted by molar-refractivity contribution is -0.148. The Labute approximate surface area is 123 Å². The molecule has 7 heteroatoms. The van der Waals surface area contributed by atoms with Crippen molar-refractivity contribution in [2.45, 2.75) is 37.8 Å². The molecular formula is C13H19ClN2O4. The summed E-state index contributed by atoms with van der Waals surface area (Å²) in [7, 11) is 1.33. The highest BCUT2D eigenvalue weighted by molar-refractivity contribution is 5.98. The first-order chi connectivity index (χ1) is 9.11. The molecular weight excluding hydrogens is 284 g/mol. The Kier molecular flexibility index (Phi) is 5.59. The second-order valence-corrected chi connectivity index (χ2v) is 4.74. The van der Waals surface area contributed by atoms with Gasteiger partial charge in [0.05, 0.1) is 19.2 Å². The third-order valence-electron chi connectivity index (χ3n) is 3.50. The molecule has 1 heterocycles. The van der Waals surface area contributed by atoms with Crippen molar-refractivity contribution in [3.05, 3.63) is 23.7 Å². The molecule has 0 saturated heterocycles. The SMILES string of the molecule is COC(=O)C1(NC(=O)c2coc(CN)c2)CCCC1.Cl. The summed E-state index contributed by atoms with van der Waals surface area (Å²) in [5.41, 5.74) is 4.90. The topological polar surface area (TPSA) is 94.6 Å². The molecule has 0 aliphatic heterocycles. The van der Waals surface area contributed by atoms with Crippen molar-refractivity contribution < 1.29 is 18.7 Å². The number of amides is 1. The standard InChI is InChI=1S/C13H18N2O4.ClH/c1-18-12(17)13(4-2-3-5-13)15-11(16)9-6-10(7-14)19-8-9;/h6,8H,2-5,7,14H2,1H3,(H,15,16);1H. The van der Waals surface area contributed by atoms with E-state index in [0.717, 1.165) is 12.8 Å². The van der Waals surface area contributed by atoms with Crippen molar-refractivity contribution >= 4 is 24.3 Å². The van der Waals surface area contributed by atoms with Gasteiger partial charge in [-0.2, -0.15) is 0 Å². The number of halogens is 1. The fourth-order valence-electron chi connectivity index (χ4n) is 2.45. The van der Waals surface area contributed by atoms with E-state index < -0.39 is 5.54 Å². The zero-order valence-electron chi connectivity index (χ0n) is 11.3. The number of hydrogen-bond acceptors (Lipinski definition) is 5. The van der Waals surface area contributed by atoms with Crippen molar-refractivity contribution in [3.8, 4) is 0 Å². The molecule has 0 unspecified atom stereocenters. The quantitative estimate of drug-likeness (QED) is 0.819. The molecule has 6 nitrogen and oxygen atoms in total. The number of nitrogens with one attached hydrogen (secondary N) is 1. The third-order valence-corrected chi connectivity index (χ3v) is 3.50. The van der Waals surface area contributed by atoms with Gasteiger partial charge in [0.1, 0.15) is 17.6 Å². The van der Waals surface area contributed by atoms with Gasteiger partial charge < -0.3 is 20.2 Å². The Morgan fingerprint density at radius 1 is 1.45 bits per heavy atom. The molecule has 3 N–H and O–H groups in total. The van der Waals surface area contributed by atoms with Gasteiger partial charge in [-0.3, -0.25) is 4.79 Å². The van der Waals surface area contributed by atoms with Gasteiger partial charge in [0, 0.05) is 0 Å². The number of esters is 1. The molecule has 1 fully saturated rings. The number of rotatable bonds is 4. The highest BCUT2D eigenvalue weighted by Crippen LogP contribution is 2.31. The Bertz CT molecular complexity index is 480. The van der Waals surface area contributed by atoms with Gasteiger partial charge in [-0.05, 0) is 18.9 Å². The highest BCUT2D eigenvalue weighted by Gasteiger charge is 2.43. The summed E-state index contributed by atoms with van der Waals surface area (Å²) in [6.07, 6.45) is 4.35. The first-order valence-electron chi connectivity index (χ1n) is 6.30. The van der Waals surface area contributed by atoms with Crippen molar-refractivity contribution in [1.82, 2.24) is 5.32 Å². The minimum absolute atomic E-state index is 0. The van der Waals surface area contributed by atoms with E-state index in [1.807, 2.05) is 0 Å². The maximum atomic E-state index is 12.1. The lowest BCUT2D eigenvalue weighted by atomic mass is 9.97. The van der Waals surface area contributed by atoms with Crippen LogP contribution in [0.1, 0.15) is 41.8 Å². The van der Waals surface area contributed by atoms with Crippen LogP contribution >= 0.6 is 12.4 Å². The van der Waals surface area contributed by atoms with Gasteiger partial charge in [-0.25, -0.2) is 4.79 Å². The third kappa shape index (κ3) is 3.13. The highest BCUT2D eigenvalue weighted by atomic mass is 35.5. The van der Waals surface area contributed by atoms with E-state index in [9.17, 15) is 9.59 Å². The molecule has 0 spiro atoms. The van der Waals surface area contributed by atoms with E-state index >= 15 is 0 Å². The van der Waals surface area contributed by atoms with E-state index in [1.54, 1.807) is 6.07 Å². The van der Waals surface area contributed by atoms with E-state index in [1.165, 1.54) is 13.4 Å². The maximum absolute atomic E-state index is 12.1. The lowest BCUT2D eigenvalue weighted by Gasteiger charge is -2.26. The summed E-state index contributed by atoms with van der Waals surface area (Å²) in [6.45, 7) is 0.232. The van der Waals surface area contributed by atoms with Crippen molar-refractivity contribution in [3.63, 3.8) is 0 Å². The van der Waals surface area contributed by atoms with Crippen LogP contribution in [0.2, 0.25) is 0 Å². The molecule has 1 amide bonds. The zero-order valence-corrected chi connectivity index (χ0v) is 12.1. The van der Waals surface area contributed by atoms with Crippen molar-refractivity contribution in [2.24, 2.45) is 5.73 Å². The van der Waals surface area contributed by atoms with Crippen LogP contribution in [0.15, 0.2) is 16.7 Å². The molecule has 1 aromatic rings. The van der Waals surface area contributed by atoms with Gasteiger partial charge in [-0.1, -0.05) is 12.8 Å². The molecule has 112 valence electrons. The van der Waals surface area contributed by atoms with Crippen LogP contribution in [0, 0.1) is 0 Å². The van der Waals surface area contributed by atoms with Crippen LogP contribution in [0.5, 0.6) is 0 Å². The van der Waals surface area contributed by atoms with Gasteiger partial charge in [0.2, 0.25) is 0 Å². The first kappa shape index (κ1) is 16.5. The number of hydrogen-bond donors (Lipinski definition) is 2. The van der Waals surface area contributed by atoms with Gasteiger partial charge in [-0.15, -0.1) is 12.4 Å². The molecule has 2 rings (SSSR count). The lowest BCUT2D eigenvalue weighted by Crippen LogP contribution is -2.53. The second-order valence-electron chi connectivity index (χ2n) is 4.74. The van der Waals surface area contributed by atoms with Crippen LogP contribution in [0.3, 0.4) is 0 Å². The van der Waals surface area contributed by atoms with E-state index in [-0.39, 0.29) is 30.8 Å². The smallest absolute Gasteiger partial charge is 0.331 e. The minimum atomic E-state index is -0.897. The Balaban J connectivity index is 0.00000200. The second kappa shape index (κ2) is 6.76. The Hall–Kier alpha value is -1.53. The molecule has 1 aromatic heterocycles. The molecule has 0 bridgehead atoms. The molecule has 0 aromatic carbocycles. The van der Waals surface area contributed by atoms with E-state index in [4.69, 9.17) is 14.9 Å². The number of nitrogens with two attached hydrogens (primary N) is 1. The average Bonchev–Trinajstić information content (AvgIpc) is 3.06. The summed E-state index contributed by atoms with van der Waals surface area (Å²) < 4.78 is 9.92. The number of carbonyl (C=O) groups excluding carboxylic acids is 2. The van der Waals surface area contributed by atoms with Crippen LogP contribution in [0.4, 0.5) is 0 Å². The van der Waals surface area contributed by atoms with Crippen LogP contribution < -0.4 is 11.1 Å². The summed E-state index contributed by atoms with van der Waals surface area (Å²) in [5.74, 6) is -0.194. The normalized spacial score (nSPS) is 16.3. The summed E-state index contributed by atoms with van der Waals surface area (Å²) in [4.78, 5) is 24.0. The molecule has 0 atom stereocenters. The number of carbonyl (C=O) groups is 2. The van der Waals surface area contributed by atoms with Crippen LogP contribution in [-0.2, 0) is 16.1 Å². The maximum Gasteiger partial charge on any atom is 0.331 e. The fraction of sp³-hybridized carbons (Fsp3) is 0.538. The Morgan fingerprint density at radius 2 is 2.10 bits per heavy atom. The molecule has 1 saturated carbocycles. The van der Waals surface area contributed by atoms with Crippen molar-refractivity contribution in [2.75, 3.05) is 7.11 Å². The van der Waals surface area contributed by atoms with Crippen molar-refractivity contribution in [1.29, 1.82) is 0 Å². The molecule has 1 aliphatic carbocycles. The predicted octanol–water partition coefficient (Wildman–Crippen LogP) is 1.38. The van der Waals surface area contributed by atoms with Gasteiger partial charge >= 0.3 is 5.97 Å². The van der Waals surface area contributed by atoms with E-state index in [0.29, 0.717) is 24.2 Å². The average molecular weight is 303 g/mol. The zero-order chi connectivity index (χ0) is 13.9. The van der Waals surface area contributed by atoms with Crippen LogP contribution in [0.25, 0.3) is 0 Å². The molecule has 20 heavy (non-hydrogen) atoms. The first-order valence-corrected chi connectivity index (χ1v) is 6.30. The van der Waals surface area contributed by atoms with Crippen LogP contribution in [-0.4, -0.2) is 24.5 Å². The predicted molar refractivity (Wildman–Crippen MR) is 74.5 cm³/mol. The Morgan fingerprint density at radius 3 is 2.60 bits per heavy atom. The molecule has 1 aliphatic rings. The number of ether oxygens (including phenoxy) is 1. The van der Waals surface area contributed by atoms with E-state index in [2.05, 4.69) is 5.32 Å². The minimum Gasteiger partial charge on any atom is -0.467 e. The van der Waals surface area contributed by atoms with Gasteiger partial charge in [0.25, 0.3) is 5.91 Å². The summed E-state index contributed by atoms with van der Waals surface area (Å²) in [5, 5.41) is 2.78. The van der Waals surface area contributed by atoms with Gasteiger partial charge in [0.15, 0.2) is 0 Å². The fourth-order valence-corrected chi connectivity index (χ4v) is 2.45. The molecule has 0 radical (unpaired) electrons. The monoisotopic (exact) mass is 302 g/mol. The summed E-state index contributed by atoms with van der Waals surface area (Å²) >= 11 is 0. The summed E-state index contributed by atoms with van der Waals surface area (Å²) in [6, 6.07) is 1.58. The number of furan rings is 1. The largest absolute Gasteiger partial charge is 0.467 e. The number of methoxy groups -OCH3 is 1.